The van der Waals surface area contributed by atoms with E-state index in [1.807, 2.05) is 4.90 Å². The van der Waals surface area contributed by atoms with Crippen molar-refractivity contribution in [2.24, 2.45) is 11.8 Å². The number of nitrogens with one attached hydrogen (secondary N) is 1. The molecule has 8 nitrogen and oxygen atoms in total. The fraction of sp³-hybridized carbons (Fsp3) is 0.562. The Kier molecular flexibility index (Phi) is 6.72. The highest BCUT2D eigenvalue weighted by Crippen LogP contribution is 2.47. The van der Waals surface area contributed by atoms with Crippen LogP contribution in [0.3, 0.4) is 0 Å². The van der Waals surface area contributed by atoms with Gasteiger partial charge in [0, 0.05) is 37.0 Å². The summed E-state index contributed by atoms with van der Waals surface area (Å²) in [7, 11) is 0. The highest BCUT2D eigenvalue weighted by molar-refractivity contribution is 6.01. The summed E-state index contributed by atoms with van der Waals surface area (Å²) in [5.74, 6) is -1.35. The lowest BCUT2D eigenvalue weighted by molar-refractivity contribution is -0.137. The van der Waals surface area contributed by atoms with Gasteiger partial charge in [-0.2, -0.15) is 28.2 Å². The van der Waals surface area contributed by atoms with Gasteiger partial charge in [-0.1, -0.05) is 0 Å². The molecule has 3 aromatic heterocycles. The molecule has 8 rings (SSSR count). The molecule has 0 spiro atoms. The van der Waals surface area contributed by atoms with Crippen LogP contribution in [0.15, 0.2) is 6.07 Å². The number of halogens is 6. The fourth-order valence-corrected chi connectivity index (χ4v) is 8.65. The van der Waals surface area contributed by atoms with E-state index in [2.05, 4.69) is 30.0 Å². The van der Waals surface area contributed by atoms with E-state index in [-0.39, 0.29) is 46.1 Å². The number of aromatic nitrogens is 5. The van der Waals surface area contributed by atoms with Crippen molar-refractivity contribution < 1.29 is 31.1 Å². The maximum absolute atomic E-state index is 16.9. The van der Waals surface area contributed by atoms with E-state index in [1.54, 1.807) is 0 Å². The Morgan fingerprint density at radius 1 is 1.02 bits per heavy atom. The molecule has 3 aliphatic heterocycles. The zero-order chi connectivity index (χ0) is 32.1. The summed E-state index contributed by atoms with van der Waals surface area (Å²) >= 11 is 0. The Morgan fingerprint density at radius 3 is 2.52 bits per heavy atom. The minimum Gasteiger partial charge on any atom is -0.461 e. The Bertz CT molecular complexity index is 1870. The van der Waals surface area contributed by atoms with E-state index in [0.29, 0.717) is 37.9 Å². The topological polar surface area (TPSA) is 83.1 Å². The molecule has 3 saturated heterocycles. The Morgan fingerprint density at radius 2 is 1.78 bits per heavy atom. The summed E-state index contributed by atoms with van der Waals surface area (Å²) in [5.41, 5.74) is -4.03. The first kappa shape index (κ1) is 29.7. The molecule has 14 heteroatoms. The second-order valence-corrected chi connectivity index (χ2v) is 13.6. The molecule has 1 saturated carbocycles. The number of anilines is 1. The highest BCUT2D eigenvalue weighted by atomic mass is 19.4. The average molecular weight is 646 g/mol. The summed E-state index contributed by atoms with van der Waals surface area (Å²) in [6.45, 7) is 4.99. The molecule has 46 heavy (non-hydrogen) atoms. The quantitative estimate of drug-likeness (QED) is 0.243. The zero-order valence-corrected chi connectivity index (χ0v) is 25.4. The molecule has 0 amide bonds. The molecule has 244 valence electrons. The highest BCUT2D eigenvalue weighted by Gasteiger charge is 2.49. The van der Waals surface area contributed by atoms with Crippen LogP contribution in [0, 0.1) is 37.3 Å². The van der Waals surface area contributed by atoms with Crippen LogP contribution in [0.4, 0.5) is 32.2 Å². The van der Waals surface area contributed by atoms with E-state index in [0.717, 1.165) is 51.6 Å². The van der Waals surface area contributed by atoms with E-state index >= 15 is 8.78 Å². The summed E-state index contributed by atoms with van der Waals surface area (Å²) in [6, 6.07) is 0.856. The van der Waals surface area contributed by atoms with Gasteiger partial charge in [0.2, 0.25) is 0 Å². The summed E-state index contributed by atoms with van der Waals surface area (Å²) in [4.78, 5) is 17.1. The predicted octanol–water partition coefficient (Wildman–Crippen LogP) is 6.67. The molecule has 1 N–H and O–H groups in total. The number of pyridine rings is 1. The minimum atomic E-state index is -4.97. The number of aromatic amines is 1. The van der Waals surface area contributed by atoms with Gasteiger partial charge in [0.25, 0.3) is 0 Å². The van der Waals surface area contributed by atoms with E-state index < -0.39 is 51.9 Å². The first-order valence-electron chi connectivity index (χ1n) is 15.8. The number of hydrogen-bond acceptors (Lipinski definition) is 7. The number of fused-ring (bicyclic) bond motifs is 5. The normalized spacial score (nSPS) is 26.5. The van der Waals surface area contributed by atoms with Crippen LogP contribution in [0.2, 0.25) is 0 Å². The summed E-state index contributed by atoms with van der Waals surface area (Å²) in [6.07, 6.45) is -0.877. The smallest absolute Gasteiger partial charge is 0.418 e. The number of piperidine rings is 1. The third-order valence-electron chi connectivity index (χ3n) is 10.6. The molecule has 4 aliphatic rings. The summed E-state index contributed by atoms with van der Waals surface area (Å²) < 4.78 is 97.5. The Hall–Kier alpha value is -3.68. The average Bonchev–Trinajstić information content (AvgIpc) is 3.73. The van der Waals surface area contributed by atoms with Crippen LogP contribution in [0.25, 0.3) is 33.1 Å². The number of nitrogens with zero attached hydrogens (tertiary/aromatic N) is 6. The number of benzene rings is 1. The van der Waals surface area contributed by atoms with Crippen molar-refractivity contribution >= 4 is 27.8 Å². The molecule has 2 unspecified atom stereocenters. The van der Waals surface area contributed by atoms with Crippen molar-refractivity contribution in [3.63, 3.8) is 0 Å². The summed E-state index contributed by atoms with van der Waals surface area (Å²) in [5, 5.41) is 6.49. The second-order valence-electron chi connectivity index (χ2n) is 13.6. The van der Waals surface area contributed by atoms with Crippen molar-refractivity contribution in [1.29, 1.82) is 0 Å². The fourth-order valence-electron chi connectivity index (χ4n) is 8.65. The molecule has 1 aliphatic carbocycles. The van der Waals surface area contributed by atoms with Gasteiger partial charge in [0.15, 0.2) is 11.5 Å². The van der Waals surface area contributed by atoms with Crippen LogP contribution in [0.1, 0.15) is 55.5 Å². The molecule has 1 aromatic carbocycles. The largest absolute Gasteiger partial charge is 0.461 e. The van der Waals surface area contributed by atoms with Gasteiger partial charge in [-0.15, -0.1) is 0 Å². The van der Waals surface area contributed by atoms with Gasteiger partial charge in [-0.25, -0.2) is 18.2 Å². The van der Waals surface area contributed by atoms with Crippen LogP contribution < -0.4 is 9.64 Å². The van der Waals surface area contributed by atoms with E-state index in [9.17, 15) is 17.6 Å². The Labute approximate surface area is 260 Å². The number of rotatable bonds is 5. The predicted molar refractivity (Wildman–Crippen MR) is 158 cm³/mol. The monoisotopic (exact) mass is 645 g/mol. The van der Waals surface area contributed by atoms with Crippen LogP contribution in [-0.2, 0) is 6.18 Å². The Balaban J connectivity index is 1.33. The molecule has 4 atom stereocenters. The van der Waals surface area contributed by atoms with Gasteiger partial charge < -0.3 is 9.64 Å². The first-order valence-corrected chi connectivity index (χ1v) is 15.8. The van der Waals surface area contributed by atoms with Gasteiger partial charge in [0.05, 0.1) is 33.4 Å². The molecule has 6 heterocycles. The SMILES string of the molecule is Cc1nc2[nH]nc(C)c2c(-c2c(F)cc3c(N4CC5CCC(C5)C4)nc(OC[C@@]45CCCN4C[C@H](F)C5)nc3c2F)c1C(F)(F)F. The number of hydrogen-bond donors (Lipinski definition) is 1. The minimum absolute atomic E-state index is 0.0174. The lowest BCUT2D eigenvalue weighted by Gasteiger charge is -2.34. The maximum Gasteiger partial charge on any atom is 0.418 e. The molecule has 0 radical (unpaired) electrons. The number of aryl methyl sites for hydroxylation is 2. The van der Waals surface area contributed by atoms with Crippen molar-refractivity contribution in [2.75, 3.05) is 37.7 Å². The van der Waals surface area contributed by atoms with Crippen molar-refractivity contribution in [3.8, 4) is 17.1 Å². The molecule has 2 bridgehead atoms. The maximum atomic E-state index is 16.9. The lowest BCUT2D eigenvalue weighted by atomic mass is 9.92. The number of H-pyrrole nitrogens is 1. The zero-order valence-electron chi connectivity index (χ0n) is 25.4. The molecule has 4 aromatic rings. The molecular formula is C32H33F6N7O. The van der Waals surface area contributed by atoms with Crippen LogP contribution in [0.5, 0.6) is 6.01 Å². The number of alkyl halides is 4. The van der Waals surface area contributed by atoms with E-state index in [1.165, 1.54) is 6.92 Å². The van der Waals surface area contributed by atoms with Gasteiger partial charge in [-0.3, -0.25) is 10.00 Å². The number of ether oxygens (including phenoxy) is 1. The third-order valence-corrected chi connectivity index (χ3v) is 10.6. The van der Waals surface area contributed by atoms with Gasteiger partial charge in [-0.05, 0) is 70.4 Å². The van der Waals surface area contributed by atoms with Crippen LogP contribution >= 0.6 is 0 Å². The second kappa shape index (κ2) is 10.4. The van der Waals surface area contributed by atoms with Crippen molar-refractivity contribution in [1.82, 2.24) is 30.0 Å². The standard InChI is InChI=1S/C32H33F6N7O/c1-15-22-24(25(32(36,37)38)16(2)39-28(22)43-42-15)23-21(34)9-20-27(26(23)35)40-30(41-29(20)44-11-17-4-5-18(8-17)12-44)46-14-31-6-3-7-45(31)13-19(33)10-31/h9,17-19H,3-8,10-14H2,1-2H3,(H,39,42,43)/t17?,18?,19-,31+/m1/s1. The molecule has 4 fully saturated rings. The lowest BCUT2D eigenvalue weighted by Crippen LogP contribution is -2.43. The third kappa shape index (κ3) is 4.61. The van der Waals surface area contributed by atoms with Gasteiger partial charge >= 0.3 is 12.2 Å². The van der Waals surface area contributed by atoms with Crippen LogP contribution in [-0.4, -0.2) is 74.5 Å². The van der Waals surface area contributed by atoms with Crippen molar-refractivity contribution in [3.05, 3.63) is 34.7 Å². The van der Waals surface area contributed by atoms with E-state index in [4.69, 9.17) is 4.74 Å². The first-order chi connectivity index (χ1) is 21.9. The van der Waals surface area contributed by atoms with Gasteiger partial charge in [0.1, 0.15) is 29.9 Å². The molecular weight excluding hydrogens is 612 g/mol. The van der Waals surface area contributed by atoms with Crippen molar-refractivity contribution in [2.45, 2.75) is 70.3 Å².